The van der Waals surface area contributed by atoms with Gasteiger partial charge in [-0.05, 0) is 51.6 Å². The highest BCUT2D eigenvalue weighted by Crippen LogP contribution is 2.26. The van der Waals surface area contributed by atoms with Gasteiger partial charge in [-0.2, -0.15) is 0 Å². The fourth-order valence-electron chi connectivity index (χ4n) is 2.06. The van der Waals surface area contributed by atoms with Crippen molar-refractivity contribution in [3.05, 3.63) is 54.7 Å². The number of rotatable bonds is 6. The maximum Gasteiger partial charge on any atom is 0.293 e. The van der Waals surface area contributed by atoms with Gasteiger partial charge >= 0.3 is 0 Å². The molecular weight excluding hydrogens is 356 g/mol. The molecule has 1 aromatic heterocycles. The van der Waals surface area contributed by atoms with Crippen LogP contribution in [0.25, 0.3) is 0 Å². The average molecular weight is 371 g/mol. The first-order chi connectivity index (χ1) is 9.99. The number of hydrazine groups is 1. The van der Waals surface area contributed by atoms with Gasteiger partial charge in [0.1, 0.15) is 5.69 Å². The normalized spacial score (nSPS) is 10.9. The van der Waals surface area contributed by atoms with Crippen LogP contribution in [0.2, 0.25) is 0 Å². The van der Waals surface area contributed by atoms with Crippen LogP contribution in [0.4, 0.5) is 11.4 Å². The highest BCUT2D eigenvalue weighted by Gasteiger charge is 2.14. The van der Waals surface area contributed by atoms with Crippen LogP contribution in [0, 0.1) is 10.1 Å². The minimum absolute atomic E-state index is 0.0123. The molecule has 6 nitrogen and oxygen atoms in total. The second-order valence-electron chi connectivity index (χ2n) is 4.68. The van der Waals surface area contributed by atoms with Crippen molar-refractivity contribution in [2.24, 2.45) is 5.84 Å². The van der Waals surface area contributed by atoms with Gasteiger partial charge in [-0.15, -0.1) is 11.3 Å². The standard InChI is InChI=1S/C13H15BrN4O2S/c1-17(7-10-5-13(14)21-8-10)6-9-2-3-11(16-15)12(4-9)18(19)20/h2-5,8,16H,6-7,15H2,1H3. The van der Waals surface area contributed by atoms with E-state index in [-0.39, 0.29) is 5.69 Å². The Labute approximate surface area is 134 Å². The Morgan fingerprint density at radius 2 is 2.10 bits per heavy atom. The van der Waals surface area contributed by atoms with Crippen LogP contribution in [0.3, 0.4) is 0 Å². The minimum Gasteiger partial charge on any atom is -0.318 e. The van der Waals surface area contributed by atoms with Crippen molar-refractivity contribution < 1.29 is 4.92 Å². The van der Waals surface area contributed by atoms with E-state index >= 15 is 0 Å². The third kappa shape index (κ3) is 4.24. The summed E-state index contributed by atoms with van der Waals surface area (Å²) in [6.45, 7) is 1.41. The van der Waals surface area contributed by atoms with Crippen molar-refractivity contribution in [1.29, 1.82) is 0 Å². The molecule has 0 spiro atoms. The molecule has 21 heavy (non-hydrogen) atoms. The fraction of sp³-hybridized carbons (Fsp3) is 0.231. The Bertz CT molecular complexity index is 647. The number of anilines is 1. The number of nitrogens with two attached hydrogens (primary N) is 1. The number of halogens is 1. The number of nitrogens with zero attached hydrogens (tertiary/aromatic N) is 2. The van der Waals surface area contributed by atoms with Crippen molar-refractivity contribution in [3.8, 4) is 0 Å². The largest absolute Gasteiger partial charge is 0.318 e. The Morgan fingerprint density at radius 3 is 2.67 bits per heavy atom. The molecule has 1 heterocycles. The highest BCUT2D eigenvalue weighted by atomic mass is 79.9. The summed E-state index contributed by atoms with van der Waals surface area (Å²) in [4.78, 5) is 12.7. The maximum atomic E-state index is 11.0. The predicted molar refractivity (Wildman–Crippen MR) is 88.1 cm³/mol. The lowest BCUT2D eigenvalue weighted by Crippen LogP contribution is -2.17. The highest BCUT2D eigenvalue weighted by molar-refractivity contribution is 9.11. The van der Waals surface area contributed by atoms with Crippen molar-refractivity contribution >= 4 is 38.6 Å². The third-order valence-electron chi connectivity index (χ3n) is 2.94. The molecule has 0 unspecified atom stereocenters. The molecular formula is C13H15BrN4O2S. The van der Waals surface area contributed by atoms with E-state index < -0.39 is 4.92 Å². The van der Waals surface area contributed by atoms with Crippen LogP contribution in [-0.4, -0.2) is 16.9 Å². The first-order valence-corrected chi connectivity index (χ1v) is 7.82. The van der Waals surface area contributed by atoms with Crippen molar-refractivity contribution in [1.82, 2.24) is 4.90 Å². The zero-order chi connectivity index (χ0) is 15.4. The van der Waals surface area contributed by atoms with Crippen LogP contribution in [0.1, 0.15) is 11.1 Å². The van der Waals surface area contributed by atoms with Crippen molar-refractivity contribution in [3.63, 3.8) is 0 Å². The summed E-state index contributed by atoms with van der Waals surface area (Å²) in [6, 6.07) is 7.09. The number of thiophene rings is 1. The monoisotopic (exact) mass is 370 g/mol. The zero-order valence-corrected chi connectivity index (χ0v) is 13.8. The van der Waals surface area contributed by atoms with E-state index in [9.17, 15) is 10.1 Å². The van der Waals surface area contributed by atoms with Gasteiger partial charge in [0.05, 0.1) is 8.71 Å². The van der Waals surface area contributed by atoms with Gasteiger partial charge < -0.3 is 5.43 Å². The third-order valence-corrected chi connectivity index (χ3v) is 4.49. The van der Waals surface area contributed by atoms with Gasteiger partial charge in [0.15, 0.2) is 0 Å². The summed E-state index contributed by atoms with van der Waals surface area (Å²) < 4.78 is 1.10. The number of nitrogens with one attached hydrogen (secondary N) is 1. The molecule has 8 heteroatoms. The van der Waals surface area contributed by atoms with Gasteiger partial charge in [-0.25, -0.2) is 0 Å². The van der Waals surface area contributed by atoms with E-state index in [1.54, 1.807) is 23.5 Å². The smallest absolute Gasteiger partial charge is 0.293 e. The predicted octanol–water partition coefficient (Wildman–Crippen LogP) is 3.34. The number of nitro groups is 1. The Kier molecular flexibility index (Phi) is 5.29. The maximum absolute atomic E-state index is 11.0. The topological polar surface area (TPSA) is 84.4 Å². The molecule has 1 aromatic carbocycles. The first-order valence-electron chi connectivity index (χ1n) is 6.15. The molecule has 3 N–H and O–H groups in total. The molecule has 0 amide bonds. The van der Waals surface area contributed by atoms with E-state index in [1.165, 1.54) is 5.56 Å². The summed E-state index contributed by atoms with van der Waals surface area (Å²) in [5.41, 5.74) is 4.73. The molecule has 2 aromatic rings. The van der Waals surface area contributed by atoms with Crippen molar-refractivity contribution in [2.75, 3.05) is 12.5 Å². The lowest BCUT2D eigenvalue weighted by atomic mass is 10.1. The molecule has 0 aliphatic rings. The van der Waals surface area contributed by atoms with E-state index in [0.29, 0.717) is 12.2 Å². The van der Waals surface area contributed by atoms with Crippen LogP contribution in [0.15, 0.2) is 33.4 Å². The van der Waals surface area contributed by atoms with Crippen LogP contribution in [-0.2, 0) is 13.1 Å². The van der Waals surface area contributed by atoms with E-state index in [1.807, 2.05) is 13.1 Å². The van der Waals surface area contributed by atoms with Crippen LogP contribution < -0.4 is 11.3 Å². The molecule has 0 aliphatic heterocycles. The molecule has 0 saturated heterocycles. The van der Waals surface area contributed by atoms with Gasteiger partial charge in [0.2, 0.25) is 0 Å². The van der Waals surface area contributed by atoms with Gasteiger partial charge in [0, 0.05) is 19.2 Å². The van der Waals surface area contributed by atoms with Crippen LogP contribution >= 0.6 is 27.3 Å². The van der Waals surface area contributed by atoms with Gasteiger partial charge in [0.25, 0.3) is 5.69 Å². The van der Waals surface area contributed by atoms with Gasteiger partial charge in [-0.1, -0.05) is 6.07 Å². The SMILES string of the molecule is CN(Cc1csc(Br)c1)Cc1ccc(NN)c([N+](=O)[O-])c1. The summed E-state index contributed by atoms with van der Waals surface area (Å²) in [6.07, 6.45) is 0. The molecule has 112 valence electrons. The second-order valence-corrected chi connectivity index (χ2v) is 6.97. The Morgan fingerprint density at radius 1 is 1.38 bits per heavy atom. The minimum atomic E-state index is -0.436. The van der Waals surface area contributed by atoms with E-state index in [2.05, 4.69) is 37.7 Å². The van der Waals surface area contributed by atoms with E-state index in [0.717, 1.165) is 15.9 Å². The molecule has 0 bridgehead atoms. The number of nitrogen functional groups attached to an aromatic ring is 1. The zero-order valence-electron chi connectivity index (χ0n) is 11.4. The lowest BCUT2D eigenvalue weighted by Gasteiger charge is -2.16. The Hall–Kier alpha value is -1.48. The summed E-state index contributed by atoms with van der Waals surface area (Å²) >= 11 is 5.08. The summed E-state index contributed by atoms with van der Waals surface area (Å²) in [5, 5.41) is 13.1. The van der Waals surface area contributed by atoms with Crippen LogP contribution in [0.5, 0.6) is 0 Å². The molecule has 0 fully saturated rings. The molecule has 0 atom stereocenters. The lowest BCUT2D eigenvalue weighted by molar-refractivity contribution is -0.384. The second kappa shape index (κ2) is 6.99. The number of nitro benzene ring substituents is 1. The summed E-state index contributed by atoms with van der Waals surface area (Å²) in [7, 11) is 1.98. The molecule has 0 aliphatic carbocycles. The fourth-order valence-corrected chi connectivity index (χ4v) is 3.26. The molecule has 0 radical (unpaired) electrons. The number of hydrogen-bond acceptors (Lipinski definition) is 6. The van der Waals surface area contributed by atoms with Crippen molar-refractivity contribution in [2.45, 2.75) is 13.1 Å². The number of hydrogen-bond donors (Lipinski definition) is 2. The number of benzene rings is 1. The molecule has 0 saturated carbocycles. The average Bonchev–Trinajstić information content (AvgIpc) is 2.83. The van der Waals surface area contributed by atoms with E-state index in [4.69, 9.17) is 5.84 Å². The Balaban J connectivity index is 2.08. The molecule has 2 rings (SSSR count). The van der Waals surface area contributed by atoms with Gasteiger partial charge in [-0.3, -0.25) is 20.9 Å². The first kappa shape index (κ1) is 15.9. The summed E-state index contributed by atoms with van der Waals surface area (Å²) in [5.74, 6) is 5.28. The quantitative estimate of drug-likeness (QED) is 0.462.